The predicted molar refractivity (Wildman–Crippen MR) is 38.1 cm³/mol. The first-order valence-electron chi connectivity index (χ1n) is 3.64. The first kappa shape index (κ1) is 8.46. The SMILES string of the molecule is CN1C[C@@H](CC(=O)O)[C@H](F)C1. The summed E-state index contributed by atoms with van der Waals surface area (Å²) < 4.78 is 12.9. The number of hydrogen-bond acceptors (Lipinski definition) is 2. The number of carboxylic acids is 1. The summed E-state index contributed by atoms with van der Waals surface area (Å²) in [4.78, 5) is 12.0. The molecule has 0 aliphatic carbocycles. The molecule has 1 aliphatic rings. The van der Waals surface area contributed by atoms with Crippen molar-refractivity contribution in [1.82, 2.24) is 4.90 Å². The van der Waals surface area contributed by atoms with E-state index in [0.29, 0.717) is 13.1 Å². The minimum absolute atomic E-state index is 0.0501. The highest BCUT2D eigenvalue weighted by molar-refractivity contribution is 5.67. The lowest BCUT2D eigenvalue weighted by atomic mass is 10.0. The molecule has 1 N–H and O–H groups in total. The maximum atomic E-state index is 12.9. The summed E-state index contributed by atoms with van der Waals surface area (Å²) in [5.74, 6) is -1.22. The molecule has 1 rings (SSSR count). The van der Waals surface area contributed by atoms with Gasteiger partial charge in [0.2, 0.25) is 0 Å². The van der Waals surface area contributed by atoms with E-state index in [2.05, 4.69) is 0 Å². The number of likely N-dealkylation sites (tertiary alicyclic amines) is 1. The van der Waals surface area contributed by atoms with Crippen LogP contribution in [-0.2, 0) is 4.79 Å². The van der Waals surface area contributed by atoms with Crippen LogP contribution in [0.5, 0.6) is 0 Å². The molecule has 0 spiro atoms. The number of alkyl halides is 1. The number of carboxylic acid groups (broad SMARTS) is 1. The lowest BCUT2D eigenvalue weighted by molar-refractivity contribution is -0.138. The second kappa shape index (κ2) is 3.17. The number of carbonyl (C=O) groups is 1. The zero-order valence-electron chi connectivity index (χ0n) is 6.46. The van der Waals surface area contributed by atoms with E-state index >= 15 is 0 Å². The van der Waals surface area contributed by atoms with Gasteiger partial charge in [-0.3, -0.25) is 4.79 Å². The maximum absolute atomic E-state index is 12.9. The number of aliphatic carboxylic acids is 1. The standard InChI is InChI=1S/C7H12FNO2/c1-9-3-5(2-7(10)11)6(8)4-9/h5-6H,2-4H2,1H3,(H,10,11)/t5-,6-/m1/s1. The summed E-state index contributed by atoms with van der Waals surface area (Å²) in [6, 6.07) is 0. The van der Waals surface area contributed by atoms with Crippen LogP contribution in [0.1, 0.15) is 6.42 Å². The molecule has 0 aromatic rings. The smallest absolute Gasteiger partial charge is 0.303 e. The van der Waals surface area contributed by atoms with E-state index in [9.17, 15) is 9.18 Å². The van der Waals surface area contributed by atoms with E-state index in [1.54, 1.807) is 7.05 Å². The van der Waals surface area contributed by atoms with Crippen LogP contribution in [0, 0.1) is 5.92 Å². The summed E-state index contributed by atoms with van der Waals surface area (Å²) in [5, 5.41) is 8.39. The quantitative estimate of drug-likeness (QED) is 0.635. The van der Waals surface area contributed by atoms with Crippen molar-refractivity contribution in [3.63, 3.8) is 0 Å². The Morgan fingerprint density at radius 3 is 2.73 bits per heavy atom. The second-order valence-electron chi connectivity index (χ2n) is 3.10. The van der Waals surface area contributed by atoms with Crippen molar-refractivity contribution >= 4 is 5.97 Å². The van der Waals surface area contributed by atoms with Crippen molar-refractivity contribution in [2.45, 2.75) is 12.6 Å². The molecule has 0 unspecified atom stereocenters. The second-order valence-corrected chi connectivity index (χ2v) is 3.10. The first-order chi connectivity index (χ1) is 5.09. The summed E-state index contributed by atoms with van der Waals surface area (Å²) in [7, 11) is 1.80. The van der Waals surface area contributed by atoms with Gasteiger partial charge in [0, 0.05) is 19.0 Å². The minimum atomic E-state index is -0.962. The number of nitrogens with zero attached hydrogens (tertiary/aromatic N) is 1. The van der Waals surface area contributed by atoms with E-state index < -0.39 is 12.1 Å². The van der Waals surface area contributed by atoms with Gasteiger partial charge in [-0.05, 0) is 7.05 Å². The fourth-order valence-corrected chi connectivity index (χ4v) is 1.45. The van der Waals surface area contributed by atoms with Crippen LogP contribution in [0.2, 0.25) is 0 Å². The van der Waals surface area contributed by atoms with Gasteiger partial charge >= 0.3 is 5.97 Å². The van der Waals surface area contributed by atoms with Gasteiger partial charge in [0.1, 0.15) is 6.17 Å². The molecule has 1 fully saturated rings. The third-order valence-electron chi connectivity index (χ3n) is 1.98. The highest BCUT2D eigenvalue weighted by Crippen LogP contribution is 2.21. The van der Waals surface area contributed by atoms with Gasteiger partial charge in [-0.1, -0.05) is 0 Å². The van der Waals surface area contributed by atoms with Crippen LogP contribution < -0.4 is 0 Å². The van der Waals surface area contributed by atoms with Gasteiger partial charge in [0.25, 0.3) is 0 Å². The van der Waals surface area contributed by atoms with E-state index in [0.717, 1.165) is 0 Å². The van der Waals surface area contributed by atoms with Crippen LogP contribution in [0.4, 0.5) is 4.39 Å². The fraction of sp³-hybridized carbons (Fsp3) is 0.857. The largest absolute Gasteiger partial charge is 0.481 e. The summed E-state index contributed by atoms with van der Waals surface area (Å²) in [5.41, 5.74) is 0. The molecular weight excluding hydrogens is 149 g/mol. The molecule has 0 aromatic carbocycles. The monoisotopic (exact) mass is 161 g/mol. The third-order valence-corrected chi connectivity index (χ3v) is 1.98. The van der Waals surface area contributed by atoms with Gasteiger partial charge in [0.05, 0.1) is 6.42 Å². The van der Waals surface area contributed by atoms with Crippen LogP contribution in [-0.4, -0.2) is 42.3 Å². The molecule has 4 heteroatoms. The summed E-state index contributed by atoms with van der Waals surface area (Å²) in [6.45, 7) is 0.936. The van der Waals surface area contributed by atoms with Gasteiger partial charge in [-0.15, -0.1) is 0 Å². The lowest BCUT2D eigenvalue weighted by Gasteiger charge is -2.07. The molecule has 2 atom stereocenters. The van der Waals surface area contributed by atoms with Crippen molar-refractivity contribution in [2.24, 2.45) is 5.92 Å². The highest BCUT2D eigenvalue weighted by atomic mass is 19.1. The average Bonchev–Trinajstić information content (AvgIpc) is 2.09. The normalized spacial score (nSPS) is 32.5. The molecule has 1 saturated heterocycles. The Balaban J connectivity index is 2.40. The van der Waals surface area contributed by atoms with Crippen molar-refractivity contribution in [3.8, 4) is 0 Å². The molecule has 0 amide bonds. The van der Waals surface area contributed by atoms with Crippen molar-refractivity contribution in [3.05, 3.63) is 0 Å². The van der Waals surface area contributed by atoms with E-state index in [1.165, 1.54) is 0 Å². The molecule has 11 heavy (non-hydrogen) atoms. The predicted octanol–water partition coefficient (Wildman–Crippen LogP) is 0.361. The molecule has 0 saturated carbocycles. The third kappa shape index (κ3) is 2.15. The minimum Gasteiger partial charge on any atom is -0.481 e. The van der Waals surface area contributed by atoms with Crippen LogP contribution in [0.25, 0.3) is 0 Å². The topological polar surface area (TPSA) is 40.5 Å². The zero-order valence-corrected chi connectivity index (χ0v) is 6.46. The number of rotatable bonds is 2. The Bertz CT molecular complexity index is 163. The molecule has 3 nitrogen and oxygen atoms in total. The molecular formula is C7H12FNO2. The van der Waals surface area contributed by atoms with Crippen LogP contribution >= 0.6 is 0 Å². The fourth-order valence-electron chi connectivity index (χ4n) is 1.45. The van der Waals surface area contributed by atoms with Gasteiger partial charge in [0.15, 0.2) is 0 Å². The number of hydrogen-bond donors (Lipinski definition) is 1. The van der Waals surface area contributed by atoms with Gasteiger partial charge in [-0.2, -0.15) is 0 Å². The Kier molecular flexibility index (Phi) is 2.44. The Morgan fingerprint density at radius 2 is 2.36 bits per heavy atom. The first-order valence-corrected chi connectivity index (χ1v) is 3.64. The summed E-state index contributed by atoms with van der Waals surface area (Å²) in [6.07, 6.45) is -1.01. The highest BCUT2D eigenvalue weighted by Gasteiger charge is 2.31. The maximum Gasteiger partial charge on any atom is 0.303 e. The molecule has 1 aliphatic heterocycles. The zero-order chi connectivity index (χ0) is 8.43. The van der Waals surface area contributed by atoms with Gasteiger partial charge < -0.3 is 10.0 Å². The molecule has 0 radical (unpaired) electrons. The Morgan fingerprint density at radius 1 is 1.73 bits per heavy atom. The van der Waals surface area contributed by atoms with Crippen molar-refractivity contribution in [2.75, 3.05) is 20.1 Å². The van der Waals surface area contributed by atoms with E-state index in [-0.39, 0.29) is 12.3 Å². The molecule has 0 aromatic heterocycles. The Hall–Kier alpha value is -0.640. The molecule has 0 bridgehead atoms. The van der Waals surface area contributed by atoms with E-state index in [1.807, 2.05) is 4.90 Å². The average molecular weight is 161 g/mol. The summed E-state index contributed by atoms with van der Waals surface area (Å²) >= 11 is 0. The van der Waals surface area contributed by atoms with Crippen LogP contribution in [0.15, 0.2) is 0 Å². The Labute approximate surface area is 64.8 Å². The lowest BCUT2D eigenvalue weighted by Crippen LogP contribution is -2.17. The van der Waals surface area contributed by atoms with E-state index in [4.69, 9.17) is 5.11 Å². The molecule has 1 heterocycles. The van der Waals surface area contributed by atoms with Crippen LogP contribution in [0.3, 0.4) is 0 Å². The molecule has 64 valence electrons. The van der Waals surface area contributed by atoms with Crippen molar-refractivity contribution in [1.29, 1.82) is 0 Å². The van der Waals surface area contributed by atoms with Gasteiger partial charge in [-0.25, -0.2) is 4.39 Å². The number of halogens is 1. The van der Waals surface area contributed by atoms with Crippen molar-refractivity contribution < 1.29 is 14.3 Å².